The number of alkyl halides is 2. The second-order valence-electron chi connectivity index (χ2n) is 8.74. The number of amides is 1. The van der Waals surface area contributed by atoms with Gasteiger partial charge in [-0.25, -0.2) is 13.8 Å². The summed E-state index contributed by atoms with van der Waals surface area (Å²) in [5.41, 5.74) is 0.801. The normalized spacial score (nSPS) is 21.1. The fraction of sp³-hybridized carbons (Fsp3) is 0.609. The number of hydrogen-bond donors (Lipinski definition) is 0. The van der Waals surface area contributed by atoms with Crippen LogP contribution in [0.4, 0.5) is 8.78 Å². The number of carbonyl (C=O) groups excluding carboxylic acids is 1. The Morgan fingerprint density at radius 1 is 1.31 bits per heavy atom. The van der Waals surface area contributed by atoms with Crippen molar-refractivity contribution < 1.29 is 18.3 Å². The first-order valence-electron chi connectivity index (χ1n) is 11.3. The molecule has 0 aliphatic carbocycles. The number of fused-ring (bicyclic) bond motifs is 1. The molecule has 4 rings (SSSR count). The summed E-state index contributed by atoms with van der Waals surface area (Å²) in [6.45, 7) is 4.93. The van der Waals surface area contributed by atoms with Gasteiger partial charge in [0.1, 0.15) is 23.6 Å². The van der Waals surface area contributed by atoms with E-state index in [1.54, 1.807) is 16.8 Å². The Kier molecular flexibility index (Phi) is 6.60. The van der Waals surface area contributed by atoms with Gasteiger partial charge in [0.25, 0.3) is 11.8 Å². The van der Waals surface area contributed by atoms with Gasteiger partial charge in [-0.3, -0.25) is 4.79 Å². The predicted molar refractivity (Wildman–Crippen MR) is 116 cm³/mol. The minimum Gasteiger partial charge on any atom is -0.492 e. The Hall–Kier alpha value is -2.73. The molecule has 0 bridgehead atoms. The molecule has 2 aromatic rings. The number of likely N-dealkylation sites (tertiary alicyclic amines) is 2. The van der Waals surface area contributed by atoms with E-state index in [1.807, 2.05) is 6.07 Å². The molecule has 2 saturated heterocycles. The molecule has 2 fully saturated rings. The van der Waals surface area contributed by atoms with Crippen LogP contribution in [0.3, 0.4) is 0 Å². The minimum atomic E-state index is -2.73. The lowest BCUT2D eigenvalue weighted by Gasteiger charge is -2.31. The molecular weight excluding hydrogens is 416 g/mol. The van der Waals surface area contributed by atoms with E-state index in [4.69, 9.17) is 4.74 Å². The summed E-state index contributed by atoms with van der Waals surface area (Å²) in [7, 11) is 0. The summed E-state index contributed by atoms with van der Waals surface area (Å²) in [4.78, 5) is 21.3. The van der Waals surface area contributed by atoms with Gasteiger partial charge in [0.15, 0.2) is 0 Å². The van der Waals surface area contributed by atoms with Gasteiger partial charge in [-0.1, -0.05) is 0 Å². The van der Waals surface area contributed by atoms with Crippen LogP contribution in [-0.2, 0) is 6.54 Å². The lowest BCUT2D eigenvalue weighted by Crippen LogP contribution is -2.43. The number of hydrogen-bond acceptors (Lipinski definition) is 5. The number of nitriles is 1. The van der Waals surface area contributed by atoms with Crippen LogP contribution in [0.2, 0.25) is 0 Å². The van der Waals surface area contributed by atoms with Crippen molar-refractivity contribution in [3.63, 3.8) is 0 Å². The van der Waals surface area contributed by atoms with Crippen LogP contribution in [0.25, 0.3) is 11.0 Å². The fourth-order valence-electron chi connectivity index (χ4n) is 4.59. The zero-order valence-electron chi connectivity index (χ0n) is 18.4. The van der Waals surface area contributed by atoms with Crippen molar-refractivity contribution in [3.05, 3.63) is 24.0 Å². The number of pyridine rings is 1. The second-order valence-corrected chi connectivity index (χ2v) is 8.74. The Balaban J connectivity index is 1.45. The number of halogens is 2. The van der Waals surface area contributed by atoms with Gasteiger partial charge in [0, 0.05) is 43.9 Å². The molecular formula is C23H29F2N5O2. The van der Waals surface area contributed by atoms with Crippen molar-refractivity contribution in [1.82, 2.24) is 19.4 Å². The first kappa shape index (κ1) is 22.5. The van der Waals surface area contributed by atoms with Crippen LogP contribution in [0, 0.1) is 11.3 Å². The highest BCUT2D eigenvalue weighted by molar-refractivity contribution is 5.98. The zero-order chi connectivity index (χ0) is 22.7. The van der Waals surface area contributed by atoms with Crippen molar-refractivity contribution in [2.24, 2.45) is 0 Å². The van der Waals surface area contributed by atoms with E-state index in [9.17, 15) is 18.8 Å². The van der Waals surface area contributed by atoms with Crippen molar-refractivity contribution in [1.29, 1.82) is 5.26 Å². The van der Waals surface area contributed by atoms with E-state index in [0.717, 1.165) is 19.5 Å². The van der Waals surface area contributed by atoms with Crippen LogP contribution in [0.5, 0.6) is 5.75 Å². The van der Waals surface area contributed by atoms with E-state index in [1.165, 1.54) is 17.7 Å². The molecule has 32 heavy (non-hydrogen) atoms. The first-order valence-corrected chi connectivity index (χ1v) is 11.3. The zero-order valence-corrected chi connectivity index (χ0v) is 18.4. The molecule has 0 aromatic carbocycles. The van der Waals surface area contributed by atoms with E-state index in [0.29, 0.717) is 35.1 Å². The highest BCUT2D eigenvalue weighted by Crippen LogP contribution is 2.30. The van der Waals surface area contributed by atoms with Crippen LogP contribution in [0.1, 0.15) is 49.5 Å². The molecule has 0 unspecified atom stereocenters. The third-order valence-corrected chi connectivity index (χ3v) is 6.49. The van der Waals surface area contributed by atoms with E-state index >= 15 is 0 Å². The summed E-state index contributed by atoms with van der Waals surface area (Å²) >= 11 is 0. The lowest BCUT2D eigenvalue weighted by atomic mass is 10.1. The highest BCUT2D eigenvalue weighted by Gasteiger charge is 2.36. The molecule has 2 aliphatic heterocycles. The largest absolute Gasteiger partial charge is 0.492 e. The molecule has 1 amide bonds. The van der Waals surface area contributed by atoms with Crippen LogP contribution in [-0.4, -0.2) is 70.0 Å². The maximum atomic E-state index is 13.5. The average molecular weight is 446 g/mol. The average Bonchev–Trinajstić information content (AvgIpc) is 3.34. The Labute approximate surface area is 186 Å². The van der Waals surface area contributed by atoms with Crippen LogP contribution in [0.15, 0.2) is 18.3 Å². The number of nitrogens with zero attached hydrogens (tertiary/aromatic N) is 5. The van der Waals surface area contributed by atoms with E-state index in [-0.39, 0.29) is 38.4 Å². The Bertz CT molecular complexity index is 1010. The topological polar surface area (TPSA) is 74.4 Å². The lowest BCUT2D eigenvalue weighted by molar-refractivity contribution is -0.0495. The number of carbonyl (C=O) groups is 1. The molecule has 172 valence electrons. The number of rotatable bonds is 7. The molecule has 0 radical (unpaired) electrons. The summed E-state index contributed by atoms with van der Waals surface area (Å²) in [6.07, 6.45) is 4.34. The summed E-state index contributed by atoms with van der Waals surface area (Å²) in [5, 5.41) is 9.93. The maximum absolute atomic E-state index is 13.5. The van der Waals surface area contributed by atoms with E-state index in [2.05, 4.69) is 22.9 Å². The predicted octanol–water partition coefficient (Wildman–Crippen LogP) is 3.68. The van der Waals surface area contributed by atoms with E-state index < -0.39 is 5.92 Å². The fourth-order valence-corrected chi connectivity index (χ4v) is 4.59. The van der Waals surface area contributed by atoms with Gasteiger partial charge >= 0.3 is 0 Å². The molecule has 0 saturated carbocycles. The Morgan fingerprint density at radius 3 is 2.78 bits per heavy atom. The number of aromatic nitrogens is 2. The van der Waals surface area contributed by atoms with Gasteiger partial charge in [0.2, 0.25) is 0 Å². The quantitative estimate of drug-likeness (QED) is 0.608. The first-order chi connectivity index (χ1) is 15.4. The van der Waals surface area contributed by atoms with Crippen molar-refractivity contribution in [3.8, 4) is 11.8 Å². The third-order valence-electron chi connectivity index (χ3n) is 6.49. The van der Waals surface area contributed by atoms with Crippen molar-refractivity contribution in [2.75, 3.05) is 32.8 Å². The molecule has 2 aromatic heterocycles. The smallest absolute Gasteiger partial charge is 0.270 e. The van der Waals surface area contributed by atoms with Crippen molar-refractivity contribution >= 4 is 16.9 Å². The number of piperidine rings is 1. The molecule has 7 nitrogen and oxygen atoms in total. The molecule has 1 atom stereocenters. The standard InChI is InChI=1S/C23H29F2N5O2/c1-17-4-2-8-28(17)9-3-13-32-19-14-18-15-20(30(12-7-26)21(18)27-16-19)22(31)29-10-5-23(24,25)6-11-29/h14-17H,2-6,8-13H2,1H3/t17-/m1/s1. The van der Waals surface area contributed by atoms with Gasteiger partial charge in [-0.15, -0.1) is 0 Å². The summed E-state index contributed by atoms with van der Waals surface area (Å²) in [5.74, 6) is -2.47. The van der Waals surface area contributed by atoms with Gasteiger partial charge in [0.05, 0.1) is 18.9 Å². The van der Waals surface area contributed by atoms with Gasteiger partial charge in [-0.05, 0) is 44.9 Å². The Morgan fingerprint density at radius 2 is 2.09 bits per heavy atom. The SMILES string of the molecule is C[C@@H]1CCCN1CCCOc1cnc2c(c1)cc(C(=O)N1CCC(F)(F)CC1)n2CC#N. The molecule has 9 heteroatoms. The number of ether oxygens (including phenoxy) is 1. The van der Waals surface area contributed by atoms with Crippen LogP contribution < -0.4 is 4.74 Å². The van der Waals surface area contributed by atoms with Gasteiger partial charge in [-0.2, -0.15) is 5.26 Å². The van der Waals surface area contributed by atoms with Crippen molar-refractivity contribution in [2.45, 2.75) is 57.5 Å². The highest BCUT2D eigenvalue weighted by atomic mass is 19.3. The summed E-state index contributed by atoms with van der Waals surface area (Å²) < 4.78 is 34.4. The van der Waals surface area contributed by atoms with Crippen LogP contribution >= 0.6 is 0 Å². The minimum absolute atomic E-state index is 0.00264. The molecule has 0 N–H and O–H groups in total. The summed E-state index contributed by atoms with van der Waals surface area (Å²) in [6, 6.07) is 6.18. The second kappa shape index (κ2) is 9.41. The third kappa shape index (κ3) is 4.85. The van der Waals surface area contributed by atoms with Gasteiger partial charge < -0.3 is 19.1 Å². The molecule has 0 spiro atoms. The molecule has 2 aliphatic rings. The maximum Gasteiger partial charge on any atom is 0.270 e. The monoisotopic (exact) mass is 445 g/mol. The molecule has 4 heterocycles.